The van der Waals surface area contributed by atoms with Gasteiger partial charge >= 0.3 is 5.97 Å². The fourth-order valence-electron chi connectivity index (χ4n) is 0.996. The van der Waals surface area contributed by atoms with Gasteiger partial charge in [0.05, 0.1) is 17.7 Å². The Morgan fingerprint density at radius 3 is 2.93 bits per heavy atom. The van der Waals surface area contributed by atoms with Gasteiger partial charge in [-0.1, -0.05) is 0 Å². The lowest BCUT2D eigenvalue weighted by atomic mass is 10.1. The first-order valence-corrected chi connectivity index (χ1v) is 4.05. The number of hydrogen-bond acceptors (Lipinski definition) is 3. The standard InChI is InChI=1S/C10H8FNO2/c1-2-14-10(13)9-4-3-8(11)5-7(9)6-12/h3-5H,2H2,1H3. The monoisotopic (exact) mass is 193 g/mol. The van der Waals surface area contributed by atoms with Crippen LogP contribution < -0.4 is 0 Å². The van der Waals surface area contributed by atoms with E-state index in [-0.39, 0.29) is 17.7 Å². The molecule has 0 spiro atoms. The second kappa shape index (κ2) is 4.38. The molecule has 14 heavy (non-hydrogen) atoms. The molecule has 0 saturated heterocycles. The number of nitrogens with zero attached hydrogens (tertiary/aromatic N) is 1. The van der Waals surface area contributed by atoms with Gasteiger partial charge in [0.2, 0.25) is 0 Å². The molecule has 0 N–H and O–H groups in total. The summed E-state index contributed by atoms with van der Waals surface area (Å²) >= 11 is 0. The summed E-state index contributed by atoms with van der Waals surface area (Å²) in [7, 11) is 0. The van der Waals surface area contributed by atoms with Gasteiger partial charge in [0.25, 0.3) is 0 Å². The molecule has 0 aliphatic rings. The summed E-state index contributed by atoms with van der Waals surface area (Å²) in [6.07, 6.45) is 0. The first-order chi connectivity index (χ1) is 6.69. The van der Waals surface area contributed by atoms with Crippen LogP contribution in [0, 0.1) is 17.1 Å². The molecule has 1 aromatic carbocycles. The van der Waals surface area contributed by atoms with Gasteiger partial charge in [-0.25, -0.2) is 9.18 Å². The summed E-state index contributed by atoms with van der Waals surface area (Å²) in [5.41, 5.74) is 0.0826. The van der Waals surface area contributed by atoms with Crippen LogP contribution in [0.25, 0.3) is 0 Å². The van der Waals surface area contributed by atoms with Gasteiger partial charge in [0.15, 0.2) is 0 Å². The Bertz CT molecular complexity index is 396. The number of rotatable bonds is 2. The minimum Gasteiger partial charge on any atom is -0.462 e. The lowest BCUT2D eigenvalue weighted by Crippen LogP contribution is -2.07. The second-order valence-electron chi connectivity index (χ2n) is 2.52. The highest BCUT2D eigenvalue weighted by Gasteiger charge is 2.12. The van der Waals surface area contributed by atoms with Crippen molar-refractivity contribution in [3.63, 3.8) is 0 Å². The van der Waals surface area contributed by atoms with Crippen LogP contribution in [0.5, 0.6) is 0 Å². The molecule has 0 atom stereocenters. The fraction of sp³-hybridized carbons (Fsp3) is 0.200. The molecule has 72 valence electrons. The van der Waals surface area contributed by atoms with E-state index in [4.69, 9.17) is 10.00 Å². The number of benzene rings is 1. The predicted octanol–water partition coefficient (Wildman–Crippen LogP) is 1.87. The smallest absolute Gasteiger partial charge is 0.339 e. The van der Waals surface area contributed by atoms with Crippen LogP contribution in [0.15, 0.2) is 18.2 Å². The van der Waals surface area contributed by atoms with E-state index in [1.165, 1.54) is 6.07 Å². The van der Waals surface area contributed by atoms with Gasteiger partial charge in [-0.2, -0.15) is 5.26 Å². The van der Waals surface area contributed by atoms with Crippen molar-refractivity contribution in [2.24, 2.45) is 0 Å². The van der Waals surface area contributed by atoms with Gasteiger partial charge in [-0.15, -0.1) is 0 Å². The van der Waals surface area contributed by atoms with E-state index in [9.17, 15) is 9.18 Å². The second-order valence-corrected chi connectivity index (χ2v) is 2.52. The van der Waals surface area contributed by atoms with Crippen molar-refractivity contribution in [1.82, 2.24) is 0 Å². The maximum absolute atomic E-state index is 12.7. The summed E-state index contributed by atoms with van der Waals surface area (Å²) < 4.78 is 17.4. The molecule has 0 heterocycles. The Morgan fingerprint density at radius 1 is 1.64 bits per heavy atom. The zero-order valence-corrected chi connectivity index (χ0v) is 7.58. The maximum Gasteiger partial charge on any atom is 0.339 e. The van der Waals surface area contributed by atoms with E-state index >= 15 is 0 Å². The zero-order valence-electron chi connectivity index (χ0n) is 7.58. The molecule has 4 heteroatoms. The number of ether oxygens (including phenoxy) is 1. The van der Waals surface area contributed by atoms with Gasteiger partial charge in [-0.3, -0.25) is 0 Å². The van der Waals surface area contributed by atoms with E-state index in [1.807, 2.05) is 0 Å². The summed E-state index contributed by atoms with van der Waals surface area (Å²) in [6, 6.07) is 5.10. The molecule has 1 rings (SSSR count). The molecule has 0 aliphatic heterocycles. The maximum atomic E-state index is 12.7. The van der Waals surface area contributed by atoms with Gasteiger partial charge < -0.3 is 4.74 Å². The average molecular weight is 193 g/mol. The van der Waals surface area contributed by atoms with Crippen molar-refractivity contribution in [2.45, 2.75) is 6.92 Å². The van der Waals surface area contributed by atoms with E-state index in [0.29, 0.717) is 0 Å². The van der Waals surface area contributed by atoms with Crippen molar-refractivity contribution in [3.8, 4) is 6.07 Å². The van der Waals surface area contributed by atoms with Crippen LogP contribution in [-0.2, 0) is 4.74 Å². The lowest BCUT2D eigenvalue weighted by Gasteiger charge is -2.02. The number of halogens is 1. The van der Waals surface area contributed by atoms with Crippen molar-refractivity contribution in [3.05, 3.63) is 35.1 Å². The Hall–Kier alpha value is -1.89. The molecule has 0 radical (unpaired) electrons. The highest BCUT2D eigenvalue weighted by Crippen LogP contribution is 2.11. The SMILES string of the molecule is CCOC(=O)c1ccc(F)cc1C#N. The lowest BCUT2D eigenvalue weighted by molar-refractivity contribution is 0.0526. The topological polar surface area (TPSA) is 50.1 Å². The van der Waals surface area contributed by atoms with Crippen LogP contribution >= 0.6 is 0 Å². The van der Waals surface area contributed by atoms with Gasteiger partial charge in [-0.05, 0) is 25.1 Å². The third-order valence-electron chi connectivity index (χ3n) is 1.60. The number of nitriles is 1. The Labute approximate surface area is 80.7 Å². The molecule has 0 unspecified atom stereocenters. The molecule has 0 bridgehead atoms. The third-order valence-corrected chi connectivity index (χ3v) is 1.60. The van der Waals surface area contributed by atoms with E-state index in [0.717, 1.165) is 12.1 Å². The van der Waals surface area contributed by atoms with Crippen LogP contribution in [0.3, 0.4) is 0 Å². The van der Waals surface area contributed by atoms with Crippen molar-refractivity contribution in [1.29, 1.82) is 5.26 Å². The Balaban J connectivity index is 3.09. The normalized spacial score (nSPS) is 9.21. The highest BCUT2D eigenvalue weighted by atomic mass is 19.1. The van der Waals surface area contributed by atoms with Crippen molar-refractivity contribution < 1.29 is 13.9 Å². The van der Waals surface area contributed by atoms with Crippen molar-refractivity contribution >= 4 is 5.97 Å². The Morgan fingerprint density at radius 2 is 2.36 bits per heavy atom. The van der Waals surface area contributed by atoms with Crippen LogP contribution in [-0.4, -0.2) is 12.6 Å². The van der Waals surface area contributed by atoms with E-state index in [2.05, 4.69) is 0 Å². The summed E-state index contributed by atoms with van der Waals surface area (Å²) in [5, 5.41) is 8.64. The van der Waals surface area contributed by atoms with Crippen LogP contribution in [0.2, 0.25) is 0 Å². The van der Waals surface area contributed by atoms with E-state index in [1.54, 1.807) is 13.0 Å². The molecule has 0 aliphatic carbocycles. The van der Waals surface area contributed by atoms with E-state index < -0.39 is 11.8 Å². The third kappa shape index (κ3) is 2.07. The van der Waals surface area contributed by atoms with Crippen LogP contribution in [0.4, 0.5) is 4.39 Å². The molecular formula is C10H8FNO2. The first kappa shape index (κ1) is 10.2. The number of carbonyl (C=O) groups excluding carboxylic acids is 1. The average Bonchev–Trinajstić information content (AvgIpc) is 2.17. The van der Waals surface area contributed by atoms with Gasteiger partial charge in [0, 0.05) is 0 Å². The largest absolute Gasteiger partial charge is 0.462 e. The quantitative estimate of drug-likeness (QED) is 0.673. The fourth-order valence-corrected chi connectivity index (χ4v) is 0.996. The molecule has 0 fully saturated rings. The zero-order chi connectivity index (χ0) is 10.6. The van der Waals surface area contributed by atoms with Crippen LogP contribution in [0.1, 0.15) is 22.8 Å². The number of hydrogen-bond donors (Lipinski definition) is 0. The highest BCUT2D eigenvalue weighted by molar-refractivity contribution is 5.92. The molecule has 0 amide bonds. The number of carbonyl (C=O) groups is 1. The molecule has 3 nitrogen and oxygen atoms in total. The summed E-state index contributed by atoms with van der Waals surface area (Å²) in [5.74, 6) is -1.15. The van der Waals surface area contributed by atoms with Crippen molar-refractivity contribution in [2.75, 3.05) is 6.61 Å². The molecule has 1 aromatic rings. The number of esters is 1. The Kier molecular flexibility index (Phi) is 3.19. The van der Waals surface area contributed by atoms with Gasteiger partial charge in [0.1, 0.15) is 11.9 Å². The minimum atomic E-state index is -0.607. The minimum absolute atomic E-state index is 0.0107. The summed E-state index contributed by atoms with van der Waals surface area (Å²) in [4.78, 5) is 11.2. The first-order valence-electron chi connectivity index (χ1n) is 4.05. The molecular weight excluding hydrogens is 185 g/mol. The molecule has 0 aromatic heterocycles. The summed E-state index contributed by atoms with van der Waals surface area (Å²) in [6.45, 7) is 1.88. The predicted molar refractivity (Wildman–Crippen MR) is 47.1 cm³/mol. The molecule has 0 saturated carbocycles.